The Bertz CT molecular complexity index is 780. The summed E-state index contributed by atoms with van der Waals surface area (Å²) in [4.78, 5) is 14.6. The maximum Gasteiger partial charge on any atom is 0.289 e. The van der Waals surface area contributed by atoms with E-state index in [-0.39, 0.29) is 17.7 Å². The van der Waals surface area contributed by atoms with Crippen molar-refractivity contribution in [3.63, 3.8) is 0 Å². The van der Waals surface area contributed by atoms with E-state index in [0.717, 1.165) is 31.1 Å². The number of hydrogen-bond acceptors (Lipinski definition) is 4. The Labute approximate surface area is 138 Å². The van der Waals surface area contributed by atoms with Gasteiger partial charge in [0.15, 0.2) is 17.1 Å². The summed E-state index contributed by atoms with van der Waals surface area (Å²) in [5.41, 5.74) is -0.180. The lowest BCUT2D eigenvalue weighted by atomic mass is 10.1. The standard InChI is InChI=1S/C17H18ClNO4/c1-22-12-9-11(18)7-10-8-13(23-15(10)12)16(20)19-6-2-3-14(19)17(21)4-5-17/h7-9,14,21H,2-6H2,1H3. The molecule has 1 amide bonds. The third kappa shape index (κ3) is 2.39. The van der Waals surface area contributed by atoms with Crippen LogP contribution in [0.3, 0.4) is 0 Å². The zero-order valence-corrected chi connectivity index (χ0v) is 13.6. The highest BCUT2D eigenvalue weighted by molar-refractivity contribution is 6.31. The van der Waals surface area contributed by atoms with Gasteiger partial charge in [-0.1, -0.05) is 11.6 Å². The van der Waals surface area contributed by atoms with E-state index in [1.807, 2.05) is 0 Å². The van der Waals surface area contributed by atoms with Crippen molar-refractivity contribution < 1.29 is 19.1 Å². The van der Waals surface area contributed by atoms with Crippen molar-refractivity contribution in [2.45, 2.75) is 37.3 Å². The van der Waals surface area contributed by atoms with Crippen LogP contribution in [0.2, 0.25) is 5.02 Å². The molecule has 4 rings (SSSR count). The number of likely N-dealkylation sites (tertiary alicyclic amines) is 1. The van der Waals surface area contributed by atoms with E-state index in [0.29, 0.717) is 22.9 Å². The summed E-state index contributed by atoms with van der Waals surface area (Å²) in [5.74, 6) is 0.587. The van der Waals surface area contributed by atoms with Gasteiger partial charge >= 0.3 is 0 Å². The fraction of sp³-hybridized carbons (Fsp3) is 0.471. The summed E-state index contributed by atoms with van der Waals surface area (Å²) in [5, 5.41) is 11.7. The molecule has 0 spiro atoms. The SMILES string of the molecule is COc1cc(Cl)cc2cc(C(=O)N3CCCC3C3(O)CC3)oc12. The molecule has 5 nitrogen and oxygen atoms in total. The topological polar surface area (TPSA) is 62.9 Å². The molecule has 1 unspecified atom stereocenters. The molecule has 1 aromatic carbocycles. The van der Waals surface area contributed by atoms with Crippen molar-refractivity contribution in [2.24, 2.45) is 0 Å². The number of furan rings is 1. The molecule has 0 bridgehead atoms. The van der Waals surface area contributed by atoms with E-state index in [9.17, 15) is 9.90 Å². The number of benzene rings is 1. The minimum absolute atomic E-state index is 0.103. The van der Waals surface area contributed by atoms with Gasteiger partial charge in [-0.25, -0.2) is 0 Å². The third-order valence-electron chi connectivity index (χ3n) is 4.87. The Hall–Kier alpha value is -1.72. The largest absolute Gasteiger partial charge is 0.493 e. The van der Waals surface area contributed by atoms with Gasteiger partial charge in [0.25, 0.3) is 5.91 Å². The van der Waals surface area contributed by atoms with E-state index in [1.54, 1.807) is 23.1 Å². The van der Waals surface area contributed by atoms with Crippen LogP contribution in [0.15, 0.2) is 22.6 Å². The van der Waals surface area contributed by atoms with Crippen LogP contribution in [0, 0.1) is 0 Å². The first-order chi connectivity index (χ1) is 11.0. The van der Waals surface area contributed by atoms with Gasteiger partial charge in [0.1, 0.15) is 0 Å². The number of rotatable bonds is 3. The van der Waals surface area contributed by atoms with Gasteiger partial charge in [-0.05, 0) is 37.8 Å². The monoisotopic (exact) mass is 335 g/mol. The Kier molecular flexibility index (Phi) is 3.32. The van der Waals surface area contributed by atoms with Gasteiger partial charge in [-0.15, -0.1) is 0 Å². The number of methoxy groups -OCH3 is 1. The molecular formula is C17H18ClNO4. The lowest BCUT2D eigenvalue weighted by molar-refractivity contribution is 0.0366. The lowest BCUT2D eigenvalue weighted by Crippen LogP contribution is -2.44. The van der Waals surface area contributed by atoms with Crippen molar-refractivity contribution in [1.29, 1.82) is 0 Å². The van der Waals surface area contributed by atoms with Gasteiger partial charge in [0.05, 0.1) is 18.8 Å². The first-order valence-electron chi connectivity index (χ1n) is 7.82. The summed E-state index contributed by atoms with van der Waals surface area (Å²) >= 11 is 6.06. The minimum Gasteiger partial charge on any atom is -0.493 e. The Morgan fingerprint density at radius 2 is 2.22 bits per heavy atom. The predicted octanol–water partition coefficient (Wildman–Crippen LogP) is 3.22. The van der Waals surface area contributed by atoms with Crippen LogP contribution < -0.4 is 4.74 Å². The third-order valence-corrected chi connectivity index (χ3v) is 5.09. The molecule has 2 fully saturated rings. The van der Waals surface area contributed by atoms with Crippen molar-refractivity contribution in [1.82, 2.24) is 4.90 Å². The quantitative estimate of drug-likeness (QED) is 0.935. The van der Waals surface area contributed by atoms with E-state index in [1.165, 1.54) is 7.11 Å². The molecule has 1 saturated carbocycles. The minimum atomic E-state index is -0.695. The van der Waals surface area contributed by atoms with Crippen LogP contribution in [0.4, 0.5) is 0 Å². The fourth-order valence-electron chi connectivity index (χ4n) is 3.51. The molecule has 2 heterocycles. The molecule has 1 atom stereocenters. The first-order valence-corrected chi connectivity index (χ1v) is 8.20. The molecule has 122 valence electrons. The van der Waals surface area contributed by atoms with Gasteiger partial charge in [-0.3, -0.25) is 4.79 Å². The lowest BCUT2D eigenvalue weighted by Gasteiger charge is -2.27. The first kappa shape index (κ1) is 14.8. The molecule has 1 aliphatic carbocycles. The second-order valence-electron chi connectivity index (χ2n) is 6.40. The van der Waals surface area contributed by atoms with E-state index < -0.39 is 5.60 Å². The molecule has 0 radical (unpaired) electrons. The number of fused-ring (bicyclic) bond motifs is 1. The Morgan fingerprint density at radius 3 is 2.91 bits per heavy atom. The van der Waals surface area contributed by atoms with Gasteiger partial charge < -0.3 is 19.2 Å². The number of carbonyl (C=O) groups excluding carboxylic acids is 1. The van der Waals surface area contributed by atoms with Crippen LogP contribution in [-0.4, -0.2) is 41.2 Å². The summed E-state index contributed by atoms with van der Waals surface area (Å²) in [7, 11) is 1.54. The molecule has 2 aromatic rings. The number of nitrogens with zero attached hydrogens (tertiary/aromatic N) is 1. The maximum absolute atomic E-state index is 12.8. The van der Waals surface area contributed by atoms with E-state index >= 15 is 0 Å². The Balaban J connectivity index is 1.70. The molecule has 23 heavy (non-hydrogen) atoms. The molecule has 2 aliphatic rings. The second kappa shape index (κ2) is 5.14. The highest BCUT2D eigenvalue weighted by atomic mass is 35.5. The zero-order valence-electron chi connectivity index (χ0n) is 12.8. The molecule has 1 aromatic heterocycles. The van der Waals surface area contributed by atoms with Crippen LogP contribution in [0.5, 0.6) is 5.75 Å². The summed E-state index contributed by atoms with van der Waals surface area (Å²) < 4.78 is 11.0. The average Bonchev–Trinajstić information content (AvgIpc) is 2.96. The van der Waals surface area contributed by atoms with E-state index in [2.05, 4.69) is 0 Å². The van der Waals surface area contributed by atoms with Crippen LogP contribution in [0.25, 0.3) is 11.0 Å². The normalized spacial score (nSPS) is 22.6. The Morgan fingerprint density at radius 1 is 1.43 bits per heavy atom. The number of hydrogen-bond donors (Lipinski definition) is 1. The van der Waals surface area contributed by atoms with Crippen molar-refractivity contribution >= 4 is 28.5 Å². The molecule has 1 aliphatic heterocycles. The van der Waals surface area contributed by atoms with Gasteiger partial charge in [0, 0.05) is 23.0 Å². The van der Waals surface area contributed by atoms with Crippen molar-refractivity contribution in [3.05, 3.63) is 29.0 Å². The van der Waals surface area contributed by atoms with Crippen molar-refractivity contribution in [3.8, 4) is 5.75 Å². The summed E-state index contributed by atoms with van der Waals surface area (Å²) in [6, 6.07) is 5.00. The number of carbonyl (C=O) groups is 1. The summed E-state index contributed by atoms with van der Waals surface area (Å²) in [6.45, 7) is 0.654. The molecule has 1 N–H and O–H groups in total. The highest BCUT2D eigenvalue weighted by Crippen LogP contribution is 2.45. The smallest absolute Gasteiger partial charge is 0.289 e. The highest BCUT2D eigenvalue weighted by Gasteiger charge is 2.53. The number of ether oxygens (including phenoxy) is 1. The van der Waals surface area contributed by atoms with Crippen LogP contribution >= 0.6 is 11.6 Å². The number of aliphatic hydroxyl groups is 1. The molecule has 6 heteroatoms. The zero-order chi connectivity index (χ0) is 16.2. The summed E-state index contributed by atoms with van der Waals surface area (Å²) in [6.07, 6.45) is 3.29. The van der Waals surface area contributed by atoms with E-state index in [4.69, 9.17) is 20.8 Å². The number of amides is 1. The van der Waals surface area contributed by atoms with Crippen molar-refractivity contribution in [2.75, 3.05) is 13.7 Å². The maximum atomic E-state index is 12.8. The van der Waals surface area contributed by atoms with Crippen LogP contribution in [-0.2, 0) is 0 Å². The number of halogens is 1. The molecular weight excluding hydrogens is 318 g/mol. The average molecular weight is 336 g/mol. The molecule has 1 saturated heterocycles. The second-order valence-corrected chi connectivity index (χ2v) is 6.83. The van der Waals surface area contributed by atoms with Gasteiger partial charge in [-0.2, -0.15) is 0 Å². The van der Waals surface area contributed by atoms with Crippen LogP contribution in [0.1, 0.15) is 36.2 Å². The predicted molar refractivity (Wildman–Crippen MR) is 86.0 cm³/mol. The fourth-order valence-corrected chi connectivity index (χ4v) is 3.73. The van der Waals surface area contributed by atoms with Gasteiger partial charge in [0.2, 0.25) is 0 Å².